The van der Waals surface area contributed by atoms with Crippen molar-refractivity contribution in [2.24, 2.45) is 5.92 Å². The molecule has 128 valence electrons. The number of amides is 1. The minimum Gasteiger partial charge on any atom is -0.493 e. The van der Waals surface area contributed by atoms with E-state index in [-0.39, 0.29) is 11.8 Å². The Hall–Kier alpha value is -2.50. The number of ether oxygens (including phenoxy) is 2. The van der Waals surface area contributed by atoms with E-state index in [0.717, 1.165) is 31.2 Å². The zero-order chi connectivity index (χ0) is 16.9. The fourth-order valence-electron chi connectivity index (χ4n) is 3.22. The summed E-state index contributed by atoms with van der Waals surface area (Å²) in [6.45, 7) is 0.494. The summed E-state index contributed by atoms with van der Waals surface area (Å²) in [6, 6.07) is 7.55. The van der Waals surface area contributed by atoms with Crippen molar-refractivity contribution in [2.45, 2.75) is 32.2 Å². The summed E-state index contributed by atoms with van der Waals surface area (Å²) in [5, 5.41) is 7.34. The number of hydrogen-bond acceptors (Lipinski definition) is 4. The minimum atomic E-state index is 0.0897. The van der Waals surface area contributed by atoms with Gasteiger partial charge in [-0.25, -0.2) is 4.68 Å². The van der Waals surface area contributed by atoms with E-state index in [1.54, 1.807) is 25.1 Å². The third-order valence-corrected chi connectivity index (χ3v) is 4.50. The van der Waals surface area contributed by atoms with Gasteiger partial charge in [-0.1, -0.05) is 25.0 Å². The lowest BCUT2D eigenvalue weighted by atomic mass is 10.1. The number of hydrogen-bond donors (Lipinski definition) is 1. The zero-order valence-corrected chi connectivity index (χ0v) is 14.1. The van der Waals surface area contributed by atoms with E-state index < -0.39 is 0 Å². The molecule has 0 unspecified atom stereocenters. The van der Waals surface area contributed by atoms with Crippen molar-refractivity contribution in [3.8, 4) is 11.5 Å². The maximum absolute atomic E-state index is 12.3. The van der Waals surface area contributed by atoms with Crippen LogP contribution < -0.4 is 14.8 Å². The van der Waals surface area contributed by atoms with Gasteiger partial charge in [-0.3, -0.25) is 4.79 Å². The lowest BCUT2D eigenvalue weighted by molar-refractivity contribution is -0.119. The summed E-state index contributed by atoms with van der Waals surface area (Å²) in [7, 11) is 3.23. The van der Waals surface area contributed by atoms with Crippen molar-refractivity contribution in [3.05, 3.63) is 36.0 Å². The standard InChI is InChI=1S/C18H23N3O3/c1-23-15-9-5-8-14(17(15)24-2)12-21-16(10-11-19-21)20-18(22)13-6-3-4-7-13/h5,8-11,13H,3-4,6-7,12H2,1-2H3,(H,20,22). The van der Waals surface area contributed by atoms with E-state index in [2.05, 4.69) is 10.4 Å². The second-order valence-corrected chi connectivity index (χ2v) is 6.00. The lowest BCUT2D eigenvalue weighted by Gasteiger charge is -2.15. The van der Waals surface area contributed by atoms with Crippen LogP contribution in [0.15, 0.2) is 30.5 Å². The Balaban J connectivity index is 1.77. The first kappa shape index (κ1) is 16.4. The number of benzene rings is 1. The van der Waals surface area contributed by atoms with Gasteiger partial charge in [0.05, 0.1) is 27.0 Å². The fourth-order valence-corrected chi connectivity index (χ4v) is 3.22. The molecule has 6 heteroatoms. The molecule has 1 aromatic heterocycles. The van der Waals surface area contributed by atoms with E-state index in [4.69, 9.17) is 9.47 Å². The predicted molar refractivity (Wildman–Crippen MR) is 91.5 cm³/mol. The molecule has 1 aromatic carbocycles. The number of nitrogens with one attached hydrogen (secondary N) is 1. The predicted octanol–water partition coefficient (Wildman–Crippen LogP) is 3.08. The highest BCUT2D eigenvalue weighted by molar-refractivity contribution is 5.91. The Labute approximate surface area is 141 Å². The van der Waals surface area contributed by atoms with Crippen LogP contribution >= 0.6 is 0 Å². The molecular formula is C18H23N3O3. The smallest absolute Gasteiger partial charge is 0.228 e. The highest BCUT2D eigenvalue weighted by Crippen LogP contribution is 2.32. The van der Waals surface area contributed by atoms with E-state index in [1.165, 1.54) is 0 Å². The quantitative estimate of drug-likeness (QED) is 0.884. The van der Waals surface area contributed by atoms with Crippen LogP contribution in [0, 0.1) is 5.92 Å². The summed E-state index contributed by atoms with van der Waals surface area (Å²) in [5.74, 6) is 2.28. The van der Waals surface area contributed by atoms with E-state index in [1.807, 2.05) is 24.3 Å². The van der Waals surface area contributed by atoms with Crippen LogP contribution in [0.1, 0.15) is 31.2 Å². The summed E-state index contributed by atoms with van der Waals surface area (Å²) < 4.78 is 12.6. The number of carbonyl (C=O) groups excluding carboxylic acids is 1. The molecule has 0 bridgehead atoms. The molecule has 0 spiro atoms. The summed E-state index contributed by atoms with van der Waals surface area (Å²) in [4.78, 5) is 12.3. The first-order valence-electron chi connectivity index (χ1n) is 8.25. The van der Waals surface area contributed by atoms with Crippen molar-refractivity contribution in [1.82, 2.24) is 9.78 Å². The highest BCUT2D eigenvalue weighted by Gasteiger charge is 2.23. The van der Waals surface area contributed by atoms with Crippen molar-refractivity contribution in [1.29, 1.82) is 0 Å². The molecule has 6 nitrogen and oxygen atoms in total. The second kappa shape index (κ2) is 7.38. The Bertz CT molecular complexity index is 705. The van der Waals surface area contributed by atoms with Gasteiger partial charge >= 0.3 is 0 Å². The average molecular weight is 329 g/mol. The molecule has 0 aliphatic heterocycles. The minimum absolute atomic E-state index is 0.0897. The molecule has 0 radical (unpaired) electrons. The monoisotopic (exact) mass is 329 g/mol. The number of rotatable bonds is 6. The molecule has 2 aromatic rings. The lowest BCUT2D eigenvalue weighted by Crippen LogP contribution is -2.22. The van der Waals surface area contributed by atoms with E-state index in [0.29, 0.717) is 23.9 Å². The van der Waals surface area contributed by atoms with Gasteiger partial charge in [0.15, 0.2) is 11.5 Å². The number of carbonyl (C=O) groups is 1. The van der Waals surface area contributed by atoms with Crippen molar-refractivity contribution in [3.63, 3.8) is 0 Å². The molecular weight excluding hydrogens is 306 g/mol. The molecule has 1 N–H and O–H groups in total. The van der Waals surface area contributed by atoms with Crippen LogP contribution in [0.5, 0.6) is 11.5 Å². The Kier molecular flexibility index (Phi) is 5.03. The van der Waals surface area contributed by atoms with Crippen LogP contribution in [-0.4, -0.2) is 29.9 Å². The molecule has 1 aliphatic rings. The number of aromatic nitrogens is 2. The molecule has 0 atom stereocenters. The molecule has 3 rings (SSSR count). The number of anilines is 1. The third kappa shape index (κ3) is 3.37. The summed E-state index contributed by atoms with van der Waals surface area (Å²) >= 11 is 0. The van der Waals surface area contributed by atoms with E-state index in [9.17, 15) is 4.79 Å². The van der Waals surface area contributed by atoms with Crippen molar-refractivity contribution < 1.29 is 14.3 Å². The van der Waals surface area contributed by atoms with Crippen molar-refractivity contribution >= 4 is 11.7 Å². The maximum atomic E-state index is 12.3. The number of nitrogens with zero attached hydrogens (tertiary/aromatic N) is 2. The van der Waals surface area contributed by atoms with Gasteiger partial charge in [-0.2, -0.15) is 5.10 Å². The molecule has 1 saturated carbocycles. The van der Waals surface area contributed by atoms with Gasteiger partial charge in [-0.15, -0.1) is 0 Å². The maximum Gasteiger partial charge on any atom is 0.228 e. The zero-order valence-electron chi connectivity index (χ0n) is 14.1. The van der Waals surface area contributed by atoms with Crippen LogP contribution in [0.2, 0.25) is 0 Å². The molecule has 0 saturated heterocycles. The summed E-state index contributed by atoms with van der Waals surface area (Å²) in [5.41, 5.74) is 0.942. The van der Waals surface area contributed by atoms with Gasteiger partial charge in [-0.05, 0) is 18.9 Å². The van der Waals surface area contributed by atoms with Gasteiger partial charge in [0.2, 0.25) is 5.91 Å². The molecule has 24 heavy (non-hydrogen) atoms. The normalized spacial score (nSPS) is 14.6. The van der Waals surface area contributed by atoms with Gasteiger partial charge in [0.1, 0.15) is 5.82 Å². The third-order valence-electron chi connectivity index (χ3n) is 4.50. The molecule has 1 aliphatic carbocycles. The topological polar surface area (TPSA) is 65.4 Å². The molecule has 1 amide bonds. The summed E-state index contributed by atoms with van der Waals surface area (Å²) in [6.07, 6.45) is 5.92. The highest BCUT2D eigenvalue weighted by atomic mass is 16.5. The van der Waals surface area contributed by atoms with Crippen LogP contribution in [-0.2, 0) is 11.3 Å². The van der Waals surface area contributed by atoms with Gasteiger partial charge < -0.3 is 14.8 Å². The SMILES string of the molecule is COc1cccc(Cn2nccc2NC(=O)C2CCCC2)c1OC. The van der Waals surface area contributed by atoms with Crippen LogP contribution in [0.25, 0.3) is 0 Å². The number of para-hydroxylation sites is 1. The Morgan fingerprint density at radius 3 is 2.75 bits per heavy atom. The largest absolute Gasteiger partial charge is 0.493 e. The fraction of sp³-hybridized carbons (Fsp3) is 0.444. The van der Waals surface area contributed by atoms with Gasteiger partial charge in [0.25, 0.3) is 0 Å². The Morgan fingerprint density at radius 2 is 2.04 bits per heavy atom. The van der Waals surface area contributed by atoms with Crippen molar-refractivity contribution in [2.75, 3.05) is 19.5 Å². The van der Waals surface area contributed by atoms with Crippen LogP contribution in [0.4, 0.5) is 5.82 Å². The first-order valence-corrected chi connectivity index (χ1v) is 8.25. The van der Waals surface area contributed by atoms with E-state index >= 15 is 0 Å². The molecule has 1 heterocycles. The Morgan fingerprint density at radius 1 is 1.25 bits per heavy atom. The average Bonchev–Trinajstić information content (AvgIpc) is 3.27. The number of methoxy groups -OCH3 is 2. The first-order chi connectivity index (χ1) is 11.7. The van der Waals surface area contributed by atoms with Gasteiger partial charge in [0, 0.05) is 17.5 Å². The van der Waals surface area contributed by atoms with Crippen LogP contribution in [0.3, 0.4) is 0 Å². The second-order valence-electron chi connectivity index (χ2n) is 6.00. The molecule has 1 fully saturated rings.